The number of carbonyl (C=O) groups excluding carboxylic acids is 1. The summed E-state index contributed by atoms with van der Waals surface area (Å²) in [6.45, 7) is 0. The molecule has 3 aromatic carbocycles. The van der Waals surface area contributed by atoms with Gasteiger partial charge in [0.2, 0.25) is 0 Å². The van der Waals surface area contributed by atoms with Crippen molar-refractivity contribution in [1.29, 1.82) is 0 Å². The van der Waals surface area contributed by atoms with E-state index in [0.717, 1.165) is 10.8 Å². The molecule has 3 rings (SSSR count). The normalized spacial score (nSPS) is 10.7. The van der Waals surface area contributed by atoms with Crippen LogP contribution in [-0.2, 0) is 0 Å². The van der Waals surface area contributed by atoms with Crippen molar-refractivity contribution in [3.63, 3.8) is 0 Å². The van der Waals surface area contributed by atoms with Gasteiger partial charge in [0.15, 0.2) is 5.78 Å². The van der Waals surface area contributed by atoms with Gasteiger partial charge in [0, 0.05) is 5.56 Å². The van der Waals surface area contributed by atoms with Crippen molar-refractivity contribution >= 4 is 28.2 Å². The van der Waals surface area contributed by atoms with Crippen LogP contribution in [0.3, 0.4) is 0 Å². The monoisotopic (exact) mass is 284 g/mol. The molecule has 0 saturated heterocycles. The maximum Gasteiger partial charge on any atom is 0.198 e. The fraction of sp³-hybridized carbons (Fsp3) is 0. The summed E-state index contributed by atoms with van der Waals surface area (Å²) in [6.07, 6.45) is 0. The fourth-order valence-corrected chi connectivity index (χ4v) is 2.52. The maximum absolute atomic E-state index is 13.9. The van der Waals surface area contributed by atoms with Crippen molar-refractivity contribution in [2.24, 2.45) is 0 Å². The van der Waals surface area contributed by atoms with Crippen molar-refractivity contribution in [1.82, 2.24) is 0 Å². The Morgan fingerprint density at radius 3 is 2.40 bits per heavy atom. The SMILES string of the molecule is O=C(c1c(F)cccc1Cl)c1cccc2ccccc12. The summed E-state index contributed by atoms with van der Waals surface area (Å²) in [5.41, 5.74) is 0.376. The van der Waals surface area contributed by atoms with Gasteiger partial charge in [-0.2, -0.15) is 0 Å². The molecule has 0 aromatic heterocycles. The standard InChI is InChI=1S/C17H10ClFO/c18-14-9-4-10-15(19)16(14)17(20)13-8-3-6-11-5-1-2-7-12(11)13/h1-10H. The number of ketones is 1. The second-order valence-electron chi connectivity index (χ2n) is 4.45. The van der Waals surface area contributed by atoms with E-state index in [9.17, 15) is 9.18 Å². The van der Waals surface area contributed by atoms with E-state index < -0.39 is 11.6 Å². The molecule has 0 aliphatic rings. The van der Waals surface area contributed by atoms with Gasteiger partial charge in [-0.25, -0.2) is 4.39 Å². The van der Waals surface area contributed by atoms with Crippen LogP contribution in [0.1, 0.15) is 15.9 Å². The molecule has 0 bridgehead atoms. The zero-order chi connectivity index (χ0) is 14.1. The van der Waals surface area contributed by atoms with Gasteiger partial charge < -0.3 is 0 Å². The van der Waals surface area contributed by atoms with Crippen molar-refractivity contribution < 1.29 is 9.18 Å². The van der Waals surface area contributed by atoms with Gasteiger partial charge in [0.1, 0.15) is 5.82 Å². The maximum atomic E-state index is 13.9. The Bertz CT molecular complexity index is 785. The number of carbonyl (C=O) groups is 1. The van der Waals surface area contributed by atoms with E-state index in [1.165, 1.54) is 18.2 Å². The van der Waals surface area contributed by atoms with Crippen molar-refractivity contribution in [3.8, 4) is 0 Å². The first-order valence-electron chi connectivity index (χ1n) is 6.15. The molecule has 0 N–H and O–H groups in total. The molecule has 0 aliphatic carbocycles. The molecule has 0 heterocycles. The first-order chi connectivity index (χ1) is 9.68. The average Bonchev–Trinajstić information content (AvgIpc) is 2.46. The summed E-state index contributed by atoms with van der Waals surface area (Å²) < 4.78 is 13.9. The lowest BCUT2D eigenvalue weighted by molar-refractivity contribution is 0.103. The molecular weight excluding hydrogens is 275 g/mol. The van der Waals surface area contributed by atoms with Crippen molar-refractivity contribution in [2.75, 3.05) is 0 Å². The Kier molecular flexibility index (Phi) is 3.25. The molecule has 0 spiro atoms. The van der Waals surface area contributed by atoms with Crippen LogP contribution in [0.25, 0.3) is 10.8 Å². The lowest BCUT2D eigenvalue weighted by Gasteiger charge is -2.08. The minimum absolute atomic E-state index is 0.0782. The van der Waals surface area contributed by atoms with E-state index in [1.54, 1.807) is 12.1 Å². The number of rotatable bonds is 2. The fourth-order valence-electron chi connectivity index (χ4n) is 2.27. The van der Waals surface area contributed by atoms with E-state index >= 15 is 0 Å². The number of halogens is 2. The summed E-state index contributed by atoms with van der Waals surface area (Å²) in [7, 11) is 0. The van der Waals surface area contributed by atoms with E-state index in [1.807, 2.05) is 30.3 Å². The van der Waals surface area contributed by atoms with Gasteiger partial charge in [-0.1, -0.05) is 60.1 Å². The highest BCUT2D eigenvalue weighted by molar-refractivity contribution is 6.35. The van der Waals surface area contributed by atoms with Crippen LogP contribution in [0.4, 0.5) is 4.39 Å². The molecule has 1 nitrogen and oxygen atoms in total. The Hall–Kier alpha value is -2.19. The molecule has 3 heteroatoms. The molecule has 98 valence electrons. The van der Waals surface area contributed by atoms with Crippen molar-refractivity contribution in [3.05, 3.63) is 82.6 Å². The highest BCUT2D eigenvalue weighted by atomic mass is 35.5. The minimum Gasteiger partial charge on any atom is -0.288 e. The Morgan fingerprint density at radius 2 is 1.60 bits per heavy atom. The zero-order valence-corrected chi connectivity index (χ0v) is 11.2. The van der Waals surface area contributed by atoms with E-state index in [4.69, 9.17) is 11.6 Å². The molecule has 20 heavy (non-hydrogen) atoms. The van der Waals surface area contributed by atoms with Crippen LogP contribution >= 0.6 is 11.6 Å². The zero-order valence-electron chi connectivity index (χ0n) is 10.4. The predicted octanol–water partition coefficient (Wildman–Crippen LogP) is 4.86. The summed E-state index contributed by atoms with van der Waals surface area (Å²) in [5, 5.41) is 1.85. The topological polar surface area (TPSA) is 17.1 Å². The molecule has 0 radical (unpaired) electrons. The largest absolute Gasteiger partial charge is 0.288 e. The lowest BCUT2D eigenvalue weighted by atomic mass is 9.97. The smallest absolute Gasteiger partial charge is 0.198 e. The Labute approximate surface area is 120 Å². The first kappa shape index (κ1) is 12.8. The van der Waals surface area contributed by atoms with E-state index in [2.05, 4.69) is 0 Å². The first-order valence-corrected chi connectivity index (χ1v) is 6.53. The molecule has 0 aliphatic heterocycles. The van der Waals surface area contributed by atoms with Gasteiger partial charge in [-0.3, -0.25) is 4.79 Å². The van der Waals surface area contributed by atoms with Crippen LogP contribution in [-0.4, -0.2) is 5.78 Å². The molecule has 0 fully saturated rings. The van der Waals surface area contributed by atoms with Crippen LogP contribution in [0, 0.1) is 5.82 Å². The van der Waals surface area contributed by atoms with Gasteiger partial charge in [-0.15, -0.1) is 0 Å². The quantitative estimate of drug-likeness (QED) is 0.614. The minimum atomic E-state index is -0.601. The summed E-state index contributed by atoms with van der Waals surface area (Å²) in [5.74, 6) is -1.000. The highest BCUT2D eigenvalue weighted by Gasteiger charge is 2.19. The number of benzene rings is 3. The molecule has 0 saturated carbocycles. The Balaban J connectivity index is 2.24. The summed E-state index contributed by atoms with van der Waals surface area (Å²) >= 11 is 5.96. The second-order valence-corrected chi connectivity index (χ2v) is 4.86. The average molecular weight is 285 g/mol. The molecule has 3 aromatic rings. The number of hydrogen-bond acceptors (Lipinski definition) is 1. The number of fused-ring (bicyclic) bond motifs is 1. The Morgan fingerprint density at radius 1 is 0.900 bits per heavy atom. The van der Waals surface area contributed by atoms with Gasteiger partial charge >= 0.3 is 0 Å². The summed E-state index contributed by atoms with van der Waals surface area (Å²) in [6, 6.07) is 17.1. The van der Waals surface area contributed by atoms with Crippen molar-refractivity contribution in [2.45, 2.75) is 0 Å². The third kappa shape index (κ3) is 2.08. The molecular formula is C17H10ClFO. The second kappa shape index (κ2) is 5.06. The third-order valence-corrected chi connectivity index (χ3v) is 3.54. The van der Waals surface area contributed by atoms with Gasteiger partial charge in [-0.05, 0) is 22.9 Å². The highest BCUT2D eigenvalue weighted by Crippen LogP contribution is 2.26. The predicted molar refractivity (Wildman–Crippen MR) is 78.8 cm³/mol. The van der Waals surface area contributed by atoms with E-state index in [-0.39, 0.29) is 10.6 Å². The van der Waals surface area contributed by atoms with Crippen LogP contribution in [0.5, 0.6) is 0 Å². The third-order valence-electron chi connectivity index (χ3n) is 3.22. The number of hydrogen-bond donors (Lipinski definition) is 0. The molecule has 0 unspecified atom stereocenters. The summed E-state index contributed by atoms with van der Waals surface area (Å²) in [4.78, 5) is 12.6. The van der Waals surface area contributed by atoms with Gasteiger partial charge in [0.25, 0.3) is 0 Å². The van der Waals surface area contributed by atoms with Crippen LogP contribution in [0.2, 0.25) is 5.02 Å². The van der Waals surface area contributed by atoms with Crippen LogP contribution in [0.15, 0.2) is 60.7 Å². The lowest BCUT2D eigenvalue weighted by Crippen LogP contribution is -2.06. The van der Waals surface area contributed by atoms with E-state index in [0.29, 0.717) is 5.56 Å². The van der Waals surface area contributed by atoms with Crippen LogP contribution < -0.4 is 0 Å². The molecule has 0 atom stereocenters. The molecule has 0 amide bonds. The van der Waals surface area contributed by atoms with Gasteiger partial charge in [0.05, 0.1) is 10.6 Å².